The molecular formula is C17H13FN2O. The average Bonchev–Trinajstić information content (AvgIpc) is 3.15. The van der Waals surface area contributed by atoms with Crippen molar-refractivity contribution in [2.75, 3.05) is 13.1 Å². The molecule has 1 N–H and O–H groups in total. The Balaban J connectivity index is 1.90. The summed E-state index contributed by atoms with van der Waals surface area (Å²) in [5.74, 6) is 1.26. The molecule has 2 heterocycles. The first-order valence-electron chi connectivity index (χ1n) is 6.88. The lowest BCUT2D eigenvalue weighted by Crippen LogP contribution is -2.18. The van der Waals surface area contributed by atoms with Crippen molar-refractivity contribution >= 4 is 16.8 Å². The number of para-hydroxylation sites is 1. The van der Waals surface area contributed by atoms with Gasteiger partial charge in [-0.2, -0.15) is 0 Å². The number of nitrogens with one attached hydrogen (secondary N) is 1. The van der Waals surface area contributed by atoms with Gasteiger partial charge in [-0.05, 0) is 23.8 Å². The lowest BCUT2D eigenvalue weighted by molar-refractivity contribution is 0.602. The maximum Gasteiger partial charge on any atom is 0.170 e. The van der Waals surface area contributed by atoms with Gasteiger partial charge in [0, 0.05) is 17.5 Å². The van der Waals surface area contributed by atoms with Gasteiger partial charge in [-0.3, -0.25) is 4.99 Å². The van der Waals surface area contributed by atoms with Crippen LogP contribution < -0.4 is 5.32 Å². The maximum absolute atomic E-state index is 13.4. The van der Waals surface area contributed by atoms with Crippen LogP contribution in [-0.2, 0) is 0 Å². The van der Waals surface area contributed by atoms with Gasteiger partial charge in [0.25, 0.3) is 0 Å². The molecular weight excluding hydrogens is 267 g/mol. The number of amidine groups is 1. The standard InChI is InChI=1S/C17H13FN2O/c18-13-5-1-3-11(9-13)14-6-2-4-12-10-15(21-16(12)14)17-19-7-8-20-17/h1-6,9-10H,7-8H2,(H,19,20). The number of rotatable bonds is 2. The Labute approximate surface area is 121 Å². The Bertz CT molecular complexity index is 851. The van der Waals surface area contributed by atoms with Crippen LogP contribution in [0.25, 0.3) is 22.1 Å². The molecule has 0 bridgehead atoms. The van der Waals surface area contributed by atoms with Crippen molar-refractivity contribution in [2.45, 2.75) is 0 Å². The van der Waals surface area contributed by atoms with E-state index in [9.17, 15) is 4.39 Å². The normalized spacial score (nSPS) is 14.2. The summed E-state index contributed by atoms with van der Waals surface area (Å²) in [7, 11) is 0. The molecule has 3 aromatic rings. The van der Waals surface area contributed by atoms with E-state index in [4.69, 9.17) is 4.42 Å². The number of hydrogen-bond donors (Lipinski definition) is 1. The van der Waals surface area contributed by atoms with Crippen molar-refractivity contribution in [1.29, 1.82) is 0 Å². The lowest BCUT2D eigenvalue weighted by atomic mass is 10.0. The summed E-state index contributed by atoms with van der Waals surface area (Å²) in [6, 6.07) is 14.4. The molecule has 1 aromatic heterocycles. The summed E-state index contributed by atoms with van der Waals surface area (Å²) in [5.41, 5.74) is 2.45. The van der Waals surface area contributed by atoms with Crippen molar-refractivity contribution in [1.82, 2.24) is 5.32 Å². The first-order chi connectivity index (χ1) is 10.3. The second-order valence-corrected chi connectivity index (χ2v) is 5.00. The smallest absolute Gasteiger partial charge is 0.170 e. The van der Waals surface area contributed by atoms with Gasteiger partial charge < -0.3 is 9.73 Å². The quantitative estimate of drug-likeness (QED) is 0.779. The number of halogens is 1. The molecule has 4 rings (SSSR count). The summed E-state index contributed by atoms with van der Waals surface area (Å²) in [6.45, 7) is 1.60. The minimum Gasteiger partial charge on any atom is -0.452 e. The summed E-state index contributed by atoms with van der Waals surface area (Å²) in [5, 5.41) is 4.19. The highest BCUT2D eigenvalue weighted by Crippen LogP contribution is 2.31. The van der Waals surface area contributed by atoms with Crippen molar-refractivity contribution in [2.24, 2.45) is 4.99 Å². The van der Waals surface area contributed by atoms with Crippen LogP contribution in [0.2, 0.25) is 0 Å². The van der Waals surface area contributed by atoms with Crippen LogP contribution in [0.1, 0.15) is 5.76 Å². The van der Waals surface area contributed by atoms with E-state index in [-0.39, 0.29) is 5.82 Å². The predicted octanol–water partition coefficient (Wildman–Crippen LogP) is 3.59. The highest BCUT2D eigenvalue weighted by Gasteiger charge is 2.15. The van der Waals surface area contributed by atoms with Crippen LogP contribution in [0.5, 0.6) is 0 Å². The molecule has 1 aliphatic rings. The number of benzene rings is 2. The SMILES string of the molecule is Fc1cccc(-c2cccc3cc(C4=NCCN4)oc23)c1. The van der Waals surface area contributed by atoms with E-state index in [1.165, 1.54) is 12.1 Å². The van der Waals surface area contributed by atoms with Crippen molar-refractivity contribution in [3.05, 3.63) is 60.1 Å². The van der Waals surface area contributed by atoms with E-state index in [1.54, 1.807) is 6.07 Å². The summed E-state index contributed by atoms with van der Waals surface area (Å²) >= 11 is 0. The zero-order valence-corrected chi connectivity index (χ0v) is 11.3. The maximum atomic E-state index is 13.4. The number of nitrogens with zero attached hydrogens (tertiary/aromatic N) is 1. The highest BCUT2D eigenvalue weighted by atomic mass is 19.1. The fraction of sp³-hybridized carbons (Fsp3) is 0.118. The van der Waals surface area contributed by atoms with Gasteiger partial charge in [-0.25, -0.2) is 4.39 Å². The molecule has 0 spiro atoms. The molecule has 0 saturated carbocycles. The number of fused-ring (bicyclic) bond motifs is 1. The topological polar surface area (TPSA) is 37.5 Å². The molecule has 4 heteroatoms. The van der Waals surface area contributed by atoms with E-state index in [0.29, 0.717) is 0 Å². The minimum atomic E-state index is -0.252. The first-order valence-corrected chi connectivity index (χ1v) is 6.88. The van der Waals surface area contributed by atoms with Gasteiger partial charge in [0.05, 0.1) is 6.54 Å². The Kier molecular flexibility index (Phi) is 2.74. The largest absolute Gasteiger partial charge is 0.452 e. The molecule has 0 amide bonds. The Morgan fingerprint density at radius 1 is 1.10 bits per heavy atom. The monoisotopic (exact) mass is 280 g/mol. The Hall–Kier alpha value is -2.62. The van der Waals surface area contributed by atoms with Crippen molar-refractivity contribution in [3.63, 3.8) is 0 Å². The van der Waals surface area contributed by atoms with Crippen LogP contribution in [0, 0.1) is 5.82 Å². The van der Waals surface area contributed by atoms with Gasteiger partial charge in [0.1, 0.15) is 11.4 Å². The third kappa shape index (κ3) is 2.09. The van der Waals surface area contributed by atoms with E-state index in [1.807, 2.05) is 30.3 Å². The molecule has 21 heavy (non-hydrogen) atoms. The number of aliphatic imine (C=N–C) groups is 1. The molecule has 0 unspecified atom stereocenters. The van der Waals surface area contributed by atoms with Gasteiger partial charge in [0.2, 0.25) is 0 Å². The van der Waals surface area contributed by atoms with Gasteiger partial charge in [0.15, 0.2) is 11.6 Å². The fourth-order valence-electron chi connectivity index (χ4n) is 2.63. The summed E-state index contributed by atoms with van der Waals surface area (Å²) in [4.78, 5) is 4.37. The molecule has 2 aromatic carbocycles. The number of hydrogen-bond acceptors (Lipinski definition) is 3. The molecule has 0 radical (unpaired) electrons. The van der Waals surface area contributed by atoms with Crippen molar-refractivity contribution in [3.8, 4) is 11.1 Å². The van der Waals surface area contributed by atoms with Crippen LogP contribution in [0.4, 0.5) is 4.39 Å². The third-order valence-electron chi connectivity index (χ3n) is 3.59. The summed E-state index contributed by atoms with van der Waals surface area (Å²) in [6.07, 6.45) is 0. The molecule has 3 nitrogen and oxygen atoms in total. The first kappa shape index (κ1) is 12.1. The predicted molar refractivity (Wildman–Crippen MR) is 81.0 cm³/mol. The molecule has 0 fully saturated rings. The lowest BCUT2D eigenvalue weighted by Gasteiger charge is -2.02. The Morgan fingerprint density at radius 3 is 2.81 bits per heavy atom. The van der Waals surface area contributed by atoms with Crippen LogP contribution in [-0.4, -0.2) is 18.9 Å². The second kappa shape index (κ2) is 4.74. The second-order valence-electron chi connectivity index (χ2n) is 5.00. The number of furan rings is 1. The van der Waals surface area contributed by atoms with E-state index < -0.39 is 0 Å². The van der Waals surface area contributed by atoms with E-state index in [2.05, 4.69) is 10.3 Å². The van der Waals surface area contributed by atoms with Crippen LogP contribution in [0.15, 0.2) is 57.9 Å². The summed E-state index contributed by atoms with van der Waals surface area (Å²) < 4.78 is 19.4. The molecule has 0 aliphatic carbocycles. The average molecular weight is 280 g/mol. The zero-order valence-electron chi connectivity index (χ0n) is 11.3. The van der Waals surface area contributed by atoms with Gasteiger partial charge in [-0.1, -0.05) is 30.3 Å². The van der Waals surface area contributed by atoms with Gasteiger partial charge in [-0.15, -0.1) is 0 Å². The third-order valence-corrected chi connectivity index (χ3v) is 3.59. The Morgan fingerprint density at radius 2 is 2.00 bits per heavy atom. The van der Waals surface area contributed by atoms with Crippen molar-refractivity contribution < 1.29 is 8.81 Å². The van der Waals surface area contributed by atoms with Gasteiger partial charge >= 0.3 is 0 Å². The molecule has 1 aliphatic heterocycles. The fourth-order valence-corrected chi connectivity index (χ4v) is 2.63. The highest BCUT2D eigenvalue weighted by molar-refractivity contribution is 6.03. The van der Waals surface area contributed by atoms with Crippen LogP contribution >= 0.6 is 0 Å². The molecule has 0 atom stereocenters. The molecule has 0 saturated heterocycles. The van der Waals surface area contributed by atoms with E-state index >= 15 is 0 Å². The molecule has 104 valence electrons. The van der Waals surface area contributed by atoms with E-state index in [0.717, 1.165) is 46.8 Å². The zero-order chi connectivity index (χ0) is 14.2. The van der Waals surface area contributed by atoms with Crippen LogP contribution in [0.3, 0.4) is 0 Å². The minimum absolute atomic E-state index is 0.252.